The summed E-state index contributed by atoms with van der Waals surface area (Å²) in [7, 11) is 0. The lowest BCUT2D eigenvalue weighted by molar-refractivity contribution is 0.0841. The molecule has 0 bridgehead atoms. The predicted octanol–water partition coefficient (Wildman–Crippen LogP) is 4.21. The Morgan fingerprint density at radius 3 is 2.95 bits per heavy atom. The molecule has 0 unspecified atom stereocenters. The molecule has 9 heteroatoms. The summed E-state index contributed by atoms with van der Waals surface area (Å²) in [6.07, 6.45) is 8.05. The molecule has 1 aromatic carbocycles. The number of halogens is 1. The lowest BCUT2D eigenvalue weighted by Gasteiger charge is -2.31. The van der Waals surface area contributed by atoms with Gasteiger partial charge in [-0.2, -0.15) is 0 Å². The summed E-state index contributed by atoms with van der Waals surface area (Å²) in [5.41, 5.74) is 4.82. The number of benzene rings is 1. The van der Waals surface area contributed by atoms with E-state index in [0.29, 0.717) is 24.6 Å². The molecule has 8 nitrogen and oxygen atoms in total. The molecule has 1 aliphatic heterocycles. The summed E-state index contributed by atoms with van der Waals surface area (Å²) >= 11 is 3.72. The van der Waals surface area contributed by atoms with Crippen LogP contribution in [-0.4, -0.2) is 51.6 Å². The highest BCUT2D eigenvalue weighted by molar-refractivity contribution is 9.10. The number of hydrogen-bond donors (Lipinski definition) is 2. The highest BCUT2D eigenvalue weighted by Gasteiger charge is 2.23. The maximum absolute atomic E-state index is 12.7. The molecule has 5 rings (SSSR count). The summed E-state index contributed by atoms with van der Waals surface area (Å²) in [6.45, 7) is 4.47. The topological polar surface area (TPSA) is 101 Å². The highest BCUT2D eigenvalue weighted by atomic mass is 79.9. The fourth-order valence-corrected chi connectivity index (χ4v) is 5.62. The van der Waals surface area contributed by atoms with Gasteiger partial charge in [0.2, 0.25) is 0 Å². The quantitative estimate of drug-likeness (QED) is 0.377. The van der Waals surface area contributed by atoms with Crippen LogP contribution in [0.1, 0.15) is 57.9 Å². The van der Waals surface area contributed by atoms with Crippen molar-refractivity contribution < 1.29 is 19.1 Å². The van der Waals surface area contributed by atoms with E-state index in [0.717, 1.165) is 53.3 Å². The molecule has 37 heavy (non-hydrogen) atoms. The van der Waals surface area contributed by atoms with Crippen LogP contribution in [0, 0.1) is 12.8 Å². The number of hydrogen-bond acceptors (Lipinski definition) is 7. The minimum absolute atomic E-state index is 0.169. The van der Waals surface area contributed by atoms with Crippen LogP contribution in [0.15, 0.2) is 45.7 Å². The minimum atomic E-state index is -0.655. The van der Waals surface area contributed by atoms with Gasteiger partial charge in [-0.25, -0.2) is 4.98 Å². The van der Waals surface area contributed by atoms with Crippen molar-refractivity contribution in [3.8, 4) is 5.75 Å². The van der Waals surface area contributed by atoms with E-state index >= 15 is 0 Å². The number of β-amino-alcohol motifs (C(OH)–C–C–N with tert-alkyl or cyclic N) is 1. The zero-order chi connectivity index (χ0) is 25.8. The van der Waals surface area contributed by atoms with Crippen LogP contribution >= 0.6 is 15.9 Å². The van der Waals surface area contributed by atoms with Gasteiger partial charge in [-0.3, -0.25) is 14.7 Å². The molecule has 1 aliphatic carbocycles. The zero-order valence-electron chi connectivity index (χ0n) is 21.1. The van der Waals surface area contributed by atoms with E-state index in [1.165, 1.54) is 36.8 Å². The summed E-state index contributed by atoms with van der Waals surface area (Å²) in [5, 5.41) is 13.5. The van der Waals surface area contributed by atoms with Gasteiger partial charge in [-0.15, -0.1) is 0 Å². The Hall–Kier alpha value is -2.75. The Labute approximate surface area is 225 Å². The van der Waals surface area contributed by atoms with E-state index in [2.05, 4.69) is 42.2 Å². The van der Waals surface area contributed by atoms with Crippen molar-refractivity contribution in [2.75, 3.05) is 19.6 Å². The summed E-state index contributed by atoms with van der Waals surface area (Å²) in [6, 6.07) is 7.65. The van der Waals surface area contributed by atoms with E-state index in [1.54, 1.807) is 12.3 Å². The van der Waals surface area contributed by atoms with Gasteiger partial charge in [0.05, 0.1) is 16.3 Å². The van der Waals surface area contributed by atoms with Gasteiger partial charge in [0, 0.05) is 43.6 Å². The van der Waals surface area contributed by atoms with Crippen LogP contribution in [0.2, 0.25) is 0 Å². The van der Waals surface area contributed by atoms with Gasteiger partial charge in [0.25, 0.3) is 5.91 Å². The molecular formula is C28H33BrN4O4. The van der Waals surface area contributed by atoms with Crippen LogP contribution in [0.25, 0.3) is 0 Å². The first-order chi connectivity index (χ1) is 18.0. The van der Waals surface area contributed by atoms with Crippen LogP contribution in [0.3, 0.4) is 0 Å². The maximum Gasteiger partial charge on any atom is 0.251 e. The van der Waals surface area contributed by atoms with Crippen LogP contribution in [0.5, 0.6) is 5.75 Å². The van der Waals surface area contributed by atoms with Crippen molar-refractivity contribution >= 4 is 21.8 Å². The Kier molecular flexibility index (Phi) is 8.22. The van der Waals surface area contributed by atoms with Gasteiger partial charge >= 0.3 is 0 Å². The average molecular weight is 570 g/mol. The second-order valence-electron chi connectivity index (χ2n) is 10.1. The molecule has 196 valence electrons. The lowest BCUT2D eigenvalue weighted by atomic mass is 9.82. The monoisotopic (exact) mass is 568 g/mol. The van der Waals surface area contributed by atoms with E-state index in [-0.39, 0.29) is 12.5 Å². The number of carbonyl (C=O) groups is 1. The number of pyridine rings is 1. The molecule has 1 amide bonds. The van der Waals surface area contributed by atoms with Gasteiger partial charge in [0.1, 0.15) is 12.4 Å². The van der Waals surface area contributed by atoms with Crippen molar-refractivity contribution in [1.29, 1.82) is 0 Å². The number of amides is 1. The molecular weight excluding hydrogens is 536 g/mol. The lowest BCUT2D eigenvalue weighted by Crippen LogP contribution is -2.42. The van der Waals surface area contributed by atoms with Crippen molar-refractivity contribution in [3.05, 3.63) is 75.2 Å². The SMILES string of the molecule is Cc1ncoc1COc1ccc2c(c1Br)CCN(C[C@@H](O)CNC(=O)c1ccnc(CC3CCC3)c1)C2. The number of aliphatic hydroxyl groups excluding tert-OH is 1. The molecule has 2 aromatic heterocycles. The minimum Gasteiger partial charge on any atom is -0.484 e. The smallest absolute Gasteiger partial charge is 0.251 e. The Balaban J connectivity index is 1.10. The number of ether oxygens (including phenoxy) is 1. The van der Waals surface area contributed by atoms with Crippen LogP contribution < -0.4 is 10.1 Å². The molecule has 0 spiro atoms. The number of aliphatic hydroxyl groups is 1. The number of rotatable bonds is 10. The average Bonchev–Trinajstić information content (AvgIpc) is 3.29. The predicted molar refractivity (Wildman–Crippen MR) is 142 cm³/mol. The first kappa shape index (κ1) is 25.9. The third kappa shape index (κ3) is 6.40. The first-order valence-electron chi connectivity index (χ1n) is 12.9. The Morgan fingerprint density at radius 2 is 2.19 bits per heavy atom. The third-order valence-corrected chi connectivity index (χ3v) is 8.22. The molecule has 2 N–H and O–H groups in total. The van der Waals surface area contributed by atoms with Gasteiger partial charge in [-0.1, -0.05) is 25.3 Å². The largest absolute Gasteiger partial charge is 0.484 e. The third-order valence-electron chi connectivity index (χ3n) is 7.35. The Bertz CT molecular complexity index is 1240. The van der Waals surface area contributed by atoms with Crippen LogP contribution in [-0.2, 0) is 26.0 Å². The van der Waals surface area contributed by atoms with Crippen molar-refractivity contribution in [2.24, 2.45) is 5.92 Å². The number of nitrogens with zero attached hydrogens (tertiary/aromatic N) is 3. The van der Waals surface area contributed by atoms with E-state index in [4.69, 9.17) is 9.15 Å². The summed E-state index contributed by atoms with van der Waals surface area (Å²) in [5.74, 6) is 2.02. The molecule has 0 radical (unpaired) electrons. The molecule has 1 fully saturated rings. The van der Waals surface area contributed by atoms with Gasteiger partial charge in [-0.05, 0) is 70.9 Å². The van der Waals surface area contributed by atoms with Crippen LogP contribution in [0.4, 0.5) is 0 Å². The second kappa shape index (κ2) is 11.8. The Morgan fingerprint density at radius 1 is 1.32 bits per heavy atom. The van der Waals surface area contributed by atoms with Crippen molar-refractivity contribution in [3.63, 3.8) is 0 Å². The number of aryl methyl sites for hydroxylation is 1. The zero-order valence-corrected chi connectivity index (χ0v) is 22.7. The van der Waals surface area contributed by atoms with E-state index in [9.17, 15) is 9.90 Å². The first-order valence-corrected chi connectivity index (χ1v) is 13.7. The molecule has 2 aliphatic rings. The molecule has 3 aromatic rings. The molecule has 1 atom stereocenters. The number of fused-ring (bicyclic) bond motifs is 1. The molecule has 1 saturated carbocycles. The number of carbonyl (C=O) groups excluding carboxylic acids is 1. The second-order valence-corrected chi connectivity index (χ2v) is 10.8. The summed E-state index contributed by atoms with van der Waals surface area (Å²) in [4.78, 5) is 23.4. The number of aromatic nitrogens is 2. The standard InChI is InChI=1S/C28H33BrN4O4/c1-18-26(37-17-32-18)16-36-25-6-5-21-14-33(10-8-24(21)27(25)29)15-23(34)13-31-28(35)20-7-9-30-22(12-20)11-19-3-2-4-19/h5-7,9,12,17,19,23,34H,2-4,8,10-11,13-16H2,1H3,(H,31,35)/t23-/m0/s1. The van der Waals surface area contributed by atoms with E-state index < -0.39 is 6.10 Å². The maximum atomic E-state index is 12.7. The normalized spacial score (nSPS) is 16.6. The molecule has 0 saturated heterocycles. The fourth-order valence-electron chi connectivity index (χ4n) is 4.92. The van der Waals surface area contributed by atoms with E-state index in [1.807, 2.05) is 19.1 Å². The summed E-state index contributed by atoms with van der Waals surface area (Å²) < 4.78 is 12.3. The number of oxazole rings is 1. The number of nitrogens with one attached hydrogen (secondary N) is 1. The fraction of sp³-hybridized carbons (Fsp3) is 0.464. The van der Waals surface area contributed by atoms with Gasteiger partial charge in [0.15, 0.2) is 12.2 Å². The van der Waals surface area contributed by atoms with Crippen molar-refractivity contribution in [2.45, 2.75) is 58.3 Å². The van der Waals surface area contributed by atoms with Crippen molar-refractivity contribution in [1.82, 2.24) is 20.2 Å². The van der Waals surface area contributed by atoms with Gasteiger partial charge < -0.3 is 19.6 Å². The molecule has 3 heterocycles. The highest BCUT2D eigenvalue weighted by Crippen LogP contribution is 2.35.